The molecule has 166 valence electrons. The monoisotopic (exact) mass is 439 g/mol. The lowest BCUT2D eigenvalue weighted by atomic mass is 10.1. The Labute approximate surface area is 192 Å². The molecule has 4 rings (SSSR count). The number of rotatable bonds is 6. The summed E-state index contributed by atoms with van der Waals surface area (Å²) in [5.74, 6) is 0.606. The van der Waals surface area contributed by atoms with Crippen molar-refractivity contribution in [3.05, 3.63) is 84.2 Å². The van der Waals surface area contributed by atoms with Crippen molar-refractivity contribution >= 4 is 28.5 Å². The van der Waals surface area contributed by atoms with Crippen LogP contribution in [-0.2, 0) is 4.74 Å². The smallest absolute Gasteiger partial charge is 0.337 e. The number of methoxy groups -OCH3 is 1. The number of aromatic nitrogens is 4. The molecule has 2 N–H and O–H groups in total. The molecule has 33 heavy (non-hydrogen) atoms. The van der Waals surface area contributed by atoms with Gasteiger partial charge < -0.3 is 10.5 Å². The van der Waals surface area contributed by atoms with Gasteiger partial charge in [-0.05, 0) is 67.4 Å². The van der Waals surface area contributed by atoms with Crippen LogP contribution in [0.25, 0.3) is 33.8 Å². The van der Waals surface area contributed by atoms with Crippen molar-refractivity contribution in [2.24, 2.45) is 0 Å². The zero-order valence-corrected chi connectivity index (χ0v) is 18.8. The highest BCUT2D eigenvalue weighted by molar-refractivity contribution is 5.90. The highest BCUT2D eigenvalue weighted by Crippen LogP contribution is 2.31. The Bertz CT molecular complexity index is 1370. The molecule has 0 unspecified atom stereocenters. The van der Waals surface area contributed by atoms with Crippen molar-refractivity contribution in [3.8, 4) is 17.1 Å². The van der Waals surface area contributed by atoms with Crippen molar-refractivity contribution < 1.29 is 9.53 Å². The lowest BCUT2D eigenvalue weighted by molar-refractivity contribution is 0.0600. The second kappa shape index (κ2) is 9.48. The van der Waals surface area contributed by atoms with Crippen LogP contribution in [0.2, 0.25) is 0 Å². The van der Waals surface area contributed by atoms with Gasteiger partial charge in [-0.3, -0.25) is 4.57 Å². The molecule has 4 aromatic rings. The number of nitrogens with zero attached hydrogens (tertiary/aromatic N) is 4. The first-order valence-corrected chi connectivity index (χ1v) is 10.7. The largest absolute Gasteiger partial charge is 0.465 e. The molecular formula is C26H25N5O2. The minimum Gasteiger partial charge on any atom is -0.465 e. The number of anilines is 1. The van der Waals surface area contributed by atoms with Crippen molar-refractivity contribution in [2.75, 3.05) is 12.8 Å². The molecule has 0 aliphatic heterocycles. The van der Waals surface area contributed by atoms with E-state index in [1.807, 2.05) is 60.0 Å². The van der Waals surface area contributed by atoms with Crippen molar-refractivity contribution in [3.63, 3.8) is 0 Å². The third kappa shape index (κ3) is 4.25. The van der Waals surface area contributed by atoms with Crippen LogP contribution in [0.4, 0.5) is 5.82 Å². The summed E-state index contributed by atoms with van der Waals surface area (Å²) in [6.07, 6.45) is 8.72. The maximum Gasteiger partial charge on any atom is 0.337 e. The first kappa shape index (κ1) is 22.0. The number of hydrogen-bond acceptors (Lipinski definition) is 6. The highest BCUT2D eigenvalue weighted by atomic mass is 16.5. The van der Waals surface area contributed by atoms with Crippen LogP contribution < -0.4 is 5.73 Å². The summed E-state index contributed by atoms with van der Waals surface area (Å²) in [6, 6.07) is 14.7. The van der Waals surface area contributed by atoms with Crippen LogP contribution in [0.1, 0.15) is 36.3 Å². The van der Waals surface area contributed by atoms with Gasteiger partial charge in [0.25, 0.3) is 0 Å². The molecule has 7 heteroatoms. The zero-order valence-electron chi connectivity index (χ0n) is 18.8. The van der Waals surface area contributed by atoms with E-state index in [-0.39, 0.29) is 0 Å². The van der Waals surface area contributed by atoms with Gasteiger partial charge in [-0.15, -0.1) is 0 Å². The van der Waals surface area contributed by atoms with E-state index >= 15 is 0 Å². The third-order valence-corrected chi connectivity index (χ3v) is 5.20. The van der Waals surface area contributed by atoms with Gasteiger partial charge in [0.05, 0.1) is 23.9 Å². The lowest BCUT2D eigenvalue weighted by Crippen LogP contribution is -2.04. The first-order chi connectivity index (χ1) is 16.1. The molecule has 0 fully saturated rings. The van der Waals surface area contributed by atoms with Gasteiger partial charge in [0.15, 0.2) is 11.5 Å². The number of esters is 1. The molecule has 0 aliphatic carbocycles. The number of nitrogen functional groups attached to an aromatic ring is 1. The topological polar surface area (TPSA) is 95.9 Å². The maximum absolute atomic E-state index is 11.9. The molecule has 7 nitrogen and oxygen atoms in total. The molecule has 0 aliphatic rings. The van der Waals surface area contributed by atoms with E-state index < -0.39 is 5.97 Å². The number of pyridine rings is 2. The molecule has 1 aromatic carbocycles. The van der Waals surface area contributed by atoms with E-state index in [4.69, 9.17) is 20.4 Å². The average Bonchev–Trinajstić information content (AvgIpc) is 3.22. The number of hydrogen-bond donors (Lipinski definition) is 1. The number of ether oxygens (including phenoxy) is 1. The van der Waals surface area contributed by atoms with Crippen LogP contribution >= 0.6 is 0 Å². The van der Waals surface area contributed by atoms with Gasteiger partial charge in [-0.25, -0.2) is 19.7 Å². The summed E-state index contributed by atoms with van der Waals surface area (Å²) < 4.78 is 6.76. The standard InChI is InChI=1S/C26H25N5O2/c1-4-7-17(8-5-2)21-14-15-22-25(29-21)31(19-12-10-18(11-13-19)26(32)33-3)24(30-22)20-9-6-16-28-23(20)27/h4,6-16H,5H2,1-3H3,(H2,27,28)/b7-4-,17-8+. The molecule has 3 aromatic heterocycles. The fraction of sp³-hybridized carbons (Fsp3) is 0.154. The van der Waals surface area contributed by atoms with E-state index in [1.54, 1.807) is 18.3 Å². The maximum atomic E-state index is 11.9. The van der Waals surface area contributed by atoms with Crippen molar-refractivity contribution in [2.45, 2.75) is 20.3 Å². The fourth-order valence-corrected chi connectivity index (χ4v) is 3.67. The minimum absolute atomic E-state index is 0.376. The van der Waals surface area contributed by atoms with E-state index in [0.717, 1.165) is 28.9 Å². The summed E-state index contributed by atoms with van der Waals surface area (Å²) in [7, 11) is 1.36. The normalized spacial score (nSPS) is 11.9. The summed E-state index contributed by atoms with van der Waals surface area (Å²) in [5.41, 5.74) is 11.4. The number of allylic oxidation sites excluding steroid dienone is 4. The average molecular weight is 440 g/mol. The number of imidazole rings is 1. The van der Waals surface area contributed by atoms with E-state index in [0.29, 0.717) is 28.4 Å². The second-order valence-corrected chi connectivity index (χ2v) is 7.35. The summed E-state index contributed by atoms with van der Waals surface area (Å²) >= 11 is 0. The highest BCUT2D eigenvalue weighted by Gasteiger charge is 2.19. The SMILES string of the molecule is C/C=C\C(=C/CC)c1ccc2nc(-c3cccnc3N)n(-c3ccc(C(=O)OC)cc3)c2n1. The third-order valence-electron chi connectivity index (χ3n) is 5.20. The Morgan fingerprint density at radius 3 is 2.58 bits per heavy atom. The Balaban J connectivity index is 1.98. The van der Waals surface area contributed by atoms with Gasteiger partial charge in [0.1, 0.15) is 11.3 Å². The van der Waals surface area contributed by atoms with Crippen LogP contribution in [0.3, 0.4) is 0 Å². The summed E-state index contributed by atoms with van der Waals surface area (Å²) in [4.78, 5) is 25.9. The summed E-state index contributed by atoms with van der Waals surface area (Å²) in [6.45, 7) is 4.08. The predicted molar refractivity (Wildman–Crippen MR) is 131 cm³/mol. The van der Waals surface area contributed by atoms with Gasteiger partial charge in [0, 0.05) is 11.9 Å². The number of nitrogens with two attached hydrogens (primary N) is 1. The Morgan fingerprint density at radius 2 is 1.91 bits per heavy atom. The van der Waals surface area contributed by atoms with Crippen LogP contribution in [-0.4, -0.2) is 32.6 Å². The van der Waals surface area contributed by atoms with E-state index in [9.17, 15) is 4.79 Å². The number of benzene rings is 1. The predicted octanol–water partition coefficient (Wildman–Crippen LogP) is 5.22. The molecule has 0 saturated carbocycles. The Morgan fingerprint density at radius 1 is 1.12 bits per heavy atom. The second-order valence-electron chi connectivity index (χ2n) is 7.35. The van der Waals surface area contributed by atoms with Crippen molar-refractivity contribution in [1.29, 1.82) is 0 Å². The quantitative estimate of drug-likeness (QED) is 0.327. The Hall–Kier alpha value is -4.26. The van der Waals surface area contributed by atoms with Gasteiger partial charge >= 0.3 is 5.97 Å². The van der Waals surface area contributed by atoms with Crippen LogP contribution in [0, 0.1) is 0 Å². The molecule has 0 spiro atoms. The molecular weight excluding hydrogens is 414 g/mol. The van der Waals surface area contributed by atoms with Gasteiger partial charge in [-0.1, -0.05) is 25.2 Å². The lowest BCUT2D eigenvalue weighted by Gasteiger charge is -2.11. The molecule has 0 amide bonds. The number of carbonyl (C=O) groups is 1. The summed E-state index contributed by atoms with van der Waals surface area (Å²) in [5, 5.41) is 0. The van der Waals surface area contributed by atoms with Gasteiger partial charge in [0.2, 0.25) is 0 Å². The van der Waals surface area contributed by atoms with Crippen LogP contribution in [0.15, 0.2) is 73.0 Å². The van der Waals surface area contributed by atoms with E-state index in [1.165, 1.54) is 7.11 Å². The molecule has 0 saturated heterocycles. The Kier molecular flexibility index (Phi) is 6.31. The van der Waals surface area contributed by atoms with Crippen LogP contribution in [0.5, 0.6) is 0 Å². The number of fused-ring (bicyclic) bond motifs is 1. The van der Waals surface area contributed by atoms with Gasteiger partial charge in [-0.2, -0.15) is 0 Å². The zero-order chi connectivity index (χ0) is 23.4. The van der Waals surface area contributed by atoms with E-state index in [2.05, 4.69) is 18.0 Å². The fourth-order valence-electron chi connectivity index (χ4n) is 3.67. The number of carbonyl (C=O) groups excluding carboxylic acids is 1. The van der Waals surface area contributed by atoms with Crippen molar-refractivity contribution in [1.82, 2.24) is 19.5 Å². The minimum atomic E-state index is -0.394. The molecule has 0 bridgehead atoms. The molecule has 3 heterocycles. The molecule has 0 radical (unpaired) electrons. The first-order valence-electron chi connectivity index (χ1n) is 10.7. The molecule has 0 atom stereocenters.